The summed E-state index contributed by atoms with van der Waals surface area (Å²) in [7, 11) is 1.93. The summed E-state index contributed by atoms with van der Waals surface area (Å²) >= 11 is 0. The Morgan fingerprint density at radius 2 is 2.14 bits per heavy atom. The molecule has 1 unspecified atom stereocenters. The van der Waals surface area contributed by atoms with Gasteiger partial charge in [0.25, 0.3) is 0 Å². The van der Waals surface area contributed by atoms with Crippen molar-refractivity contribution >= 4 is 0 Å². The van der Waals surface area contributed by atoms with Crippen LogP contribution < -0.4 is 10.6 Å². The summed E-state index contributed by atoms with van der Waals surface area (Å²) in [5.41, 5.74) is 1.11. The monoisotopic (exact) mass is 194 g/mol. The molecule has 1 aromatic carbocycles. The molecule has 0 aliphatic rings. The van der Waals surface area contributed by atoms with Crippen molar-refractivity contribution in [1.82, 2.24) is 10.6 Å². The number of nitrogens with one attached hydrogen (secondary N) is 2. The summed E-state index contributed by atoms with van der Waals surface area (Å²) in [5, 5.41) is 15.7. The molecule has 14 heavy (non-hydrogen) atoms. The Hall–Kier alpha value is -1.06. The van der Waals surface area contributed by atoms with E-state index in [4.69, 9.17) is 0 Å². The highest BCUT2D eigenvalue weighted by Gasteiger charge is 2.03. The van der Waals surface area contributed by atoms with Gasteiger partial charge in [-0.15, -0.1) is 0 Å². The first-order valence-corrected chi connectivity index (χ1v) is 4.91. The maximum atomic E-state index is 9.29. The van der Waals surface area contributed by atoms with Crippen molar-refractivity contribution < 1.29 is 5.11 Å². The molecular formula is C11H18N2O. The van der Waals surface area contributed by atoms with Crippen molar-refractivity contribution in [1.29, 1.82) is 0 Å². The first-order chi connectivity index (χ1) is 6.74. The minimum Gasteiger partial charge on any atom is -0.508 e. The number of phenols is 1. The van der Waals surface area contributed by atoms with E-state index in [0.29, 0.717) is 5.75 Å². The molecule has 0 saturated heterocycles. The largest absolute Gasteiger partial charge is 0.508 e. The van der Waals surface area contributed by atoms with Gasteiger partial charge in [-0.05, 0) is 31.7 Å². The molecule has 1 atom stereocenters. The van der Waals surface area contributed by atoms with Crippen molar-refractivity contribution in [2.75, 3.05) is 20.1 Å². The maximum Gasteiger partial charge on any atom is 0.115 e. The molecule has 78 valence electrons. The summed E-state index contributed by atoms with van der Waals surface area (Å²) in [6.45, 7) is 3.96. The lowest BCUT2D eigenvalue weighted by atomic mass is 10.1. The van der Waals surface area contributed by atoms with E-state index in [1.807, 2.05) is 19.2 Å². The number of benzene rings is 1. The van der Waals surface area contributed by atoms with Crippen LogP contribution in [0.2, 0.25) is 0 Å². The molecule has 1 rings (SSSR count). The number of hydrogen-bond donors (Lipinski definition) is 3. The number of rotatable bonds is 5. The standard InChI is InChI=1S/C11H18N2O/c1-9(13-7-6-12-2)10-4-3-5-11(14)8-10/h3-5,8-9,12-14H,6-7H2,1-2H3. The van der Waals surface area contributed by atoms with Gasteiger partial charge in [-0.1, -0.05) is 12.1 Å². The zero-order valence-corrected chi connectivity index (χ0v) is 8.75. The zero-order valence-electron chi connectivity index (χ0n) is 8.75. The van der Waals surface area contributed by atoms with E-state index in [9.17, 15) is 5.11 Å². The van der Waals surface area contributed by atoms with Crippen LogP contribution in [-0.2, 0) is 0 Å². The Bertz CT molecular complexity index is 276. The van der Waals surface area contributed by atoms with Crippen molar-refractivity contribution in [3.63, 3.8) is 0 Å². The number of phenolic OH excluding ortho intramolecular Hbond substituents is 1. The van der Waals surface area contributed by atoms with Crippen molar-refractivity contribution in [3.8, 4) is 5.75 Å². The van der Waals surface area contributed by atoms with Gasteiger partial charge in [0, 0.05) is 19.1 Å². The van der Waals surface area contributed by atoms with Crippen LogP contribution in [0.5, 0.6) is 5.75 Å². The highest BCUT2D eigenvalue weighted by Crippen LogP contribution is 2.17. The first kappa shape index (κ1) is 11.0. The molecular weight excluding hydrogens is 176 g/mol. The van der Waals surface area contributed by atoms with Crippen LogP contribution in [-0.4, -0.2) is 25.2 Å². The smallest absolute Gasteiger partial charge is 0.115 e. The molecule has 0 amide bonds. The van der Waals surface area contributed by atoms with E-state index in [1.165, 1.54) is 0 Å². The van der Waals surface area contributed by atoms with Crippen LogP contribution in [0.25, 0.3) is 0 Å². The molecule has 3 heteroatoms. The number of aromatic hydroxyl groups is 1. The van der Waals surface area contributed by atoms with Crippen LogP contribution in [0.1, 0.15) is 18.5 Å². The average Bonchev–Trinajstić information content (AvgIpc) is 2.18. The third-order valence-electron chi connectivity index (χ3n) is 2.20. The highest BCUT2D eigenvalue weighted by atomic mass is 16.3. The Balaban J connectivity index is 2.47. The van der Waals surface area contributed by atoms with Crippen molar-refractivity contribution in [2.45, 2.75) is 13.0 Å². The van der Waals surface area contributed by atoms with E-state index in [1.54, 1.807) is 12.1 Å². The lowest BCUT2D eigenvalue weighted by molar-refractivity contribution is 0.472. The second-order valence-electron chi connectivity index (χ2n) is 3.37. The van der Waals surface area contributed by atoms with Crippen LogP contribution in [0.3, 0.4) is 0 Å². The van der Waals surface area contributed by atoms with Gasteiger partial charge in [-0.3, -0.25) is 0 Å². The topological polar surface area (TPSA) is 44.3 Å². The lowest BCUT2D eigenvalue weighted by Crippen LogP contribution is -2.27. The van der Waals surface area contributed by atoms with Gasteiger partial charge in [0.2, 0.25) is 0 Å². The summed E-state index contributed by atoms with van der Waals surface area (Å²) in [6, 6.07) is 7.62. The minimum absolute atomic E-state index is 0.274. The lowest BCUT2D eigenvalue weighted by Gasteiger charge is -2.14. The molecule has 0 aliphatic heterocycles. The van der Waals surface area contributed by atoms with Gasteiger partial charge in [0.15, 0.2) is 0 Å². The summed E-state index contributed by atoms with van der Waals surface area (Å²) in [6.07, 6.45) is 0. The molecule has 0 bridgehead atoms. The second-order valence-corrected chi connectivity index (χ2v) is 3.37. The fraction of sp³-hybridized carbons (Fsp3) is 0.455. The molecule has 0 aliphatic carbocycles. The van der Waals surface area contributed by atoms with Crippen molar-refractivity contribution in [2.24, 2.45) is 0 Å². The summed E-state index contributed by atoms with van der Waals surface area (Å²) in [5.74, 6) is 0.324. The molecule has 0 radical (unpaired) electrons. The molecule has 0 aromatic heterocycles. The van der Waals surface area contributed by atoms with Gasteiger partial charge in [0.05, 0.1) is 0 Å². The van der Waals surface area contributed by atoms with Crippen LogP contribution >= 0.6 is 0 Å². The summed E-state index contributed by atoms with van der Waals surface area (Å²) < 4.78 is 0. The van der Waals surface area contributed by atoms with Crippen LogP contribution in [0.15, 0.2) is 24.3 Å². The van der Waals surface area contributed by atoms with Gasteiger partial charge in [-0.25, -0.2) is 0 Å². The first-order valence-electron chi connectivity index (χ1n) is 4.91. The Labute approximate surface area is 85.2 Å². The molecule has 3 N–H and O–H groups in total. The highest BCUT2D eigenvalue weighted by molar-refractivity contribution is 5.28. The molecule has 3 nitrogen and oxygen atoms in total. The summed E-state index contributed by atoms with van der Waals surface area (Å²) in [4.78, 5) is 0. The van der Waals surface area contributed by atoms with E-state index >= 15 is 0 Å². The van der Waals surface area contributed by atoms with Gasteiger partial charge < -0.3 is 15.7 Å². The maximum absolute atomic E-state index is 9.29. The van der Waals surface area contributed by atoms with Crippen LogP contribution in [0, 0.1) is 0 Å². The van der Waals surface area contributed by atoms with E-state index in [0.717, 1.165) is 18.7 Å². The Kier molecular flexibility index (Phi) is 4.43. The van der Waals surface area contributed by atoms with Gasteiger partial charge >= 0.3 is 0 Å². The Morgan fingerprint density at radius 3 is 2.79 bits per heavy atom. The second kappa shape index (κ2) is 5.62. The molecule has 1 aromatic rings. The van der Waals surface area contributed by atoms with Gasteiger partial charge in [0.1, 0.15) is 5.75 Å². The molecule has 0 spiro atoms. The third kappa shape index (κ3) is 3.36. The fourth-order valence-corrected chi connectivity index (χ4v) is 1.33. The predicted octanol–water partition coefficient (Wildman–Crippen LogP) is 1.26. The fourth-order valence-electron chi connectivity index (χ4n) is 1.33. The van der Waals surface area contributed by atoms with E-state index in [2.05, 4.69) is 17.6 Å². The molecule has 0 fully saturated rings. The van der Waals surface area contributed by atoms with Gasteiger partial charge in [-0.2, -0.15) is 0 Å². The number of likely N-dealkylation sites (N-methyl/N-ethyl adjacent to an activating group) is 1. The molecule has 0 heterocycles. The minimum atomic E-state index is 0.274. The number of hydrogen-bond acceptors (Lipinski definition) is 3. The van der Waals surface area contributed by atoms with E-state index < -0.39 is 0 Å². The molecule has 0 saturated carbocycles. The van der Waals surface area contributed by atoms with Crippen molar-refractivity contribution in [3.05, 3.63) is 29.8 Å². The SMILES string of the molecule is CNCCNC(C)c1cccc(O)c1. The normalized spacial score (nSPS) is 12.7. The van der Waals surface area contributed by atoms with E-state index in [-0.39, 0.29) is 6.04 Å². The average molecular weight is 194 g/mol. The zero-order chi connectivity index (χ0) is 10.4. The third-order valence-corrected chi connectivity index (χ3v) is 2.20. The Morgan fingerprint density at radius 1 is 1.36 bits per heavy atom. The quantitative estimate of drug-likeness (QED) is 0.618. The van der Waals surface area contributed by atoms with Crippen LogP contribution in [0.4, 0.5) is 0 Å². The predicted molar refractivity (Wildman–Crippen MR) is 58.5 cm³/mol.